The second kappa shape index (κ2) is 7.55. The number of amides is 3. The Balaban J connectivity index is 1.83. The molecular weight excluding hydrogens is 387 g/mol. The number of rotatable bonds is 5. The molecule has 0 N–H and O–H groups in total. The molecule has 0 aliphatic carbocycles. The molecule has 0 saturated heterocycles. The smallest absolute Gasteiger partial charge is 0.261 e. The van der Waals surface area contributed by atoms with Gasteiger partial charge < -0.3 is 4.90 Å². The van der Waals surface area contributed by atoms with E-state index in [9.17, 15) is 14.4 Å². The highest BCUT2D eigenvalue weighted by Gasteiger charge is 2.35. The van der Waals surface area contributed by atoms with Gasteiger partial charge in [-0.25, -0.2) is 0 Å². The summed E-state index contributed by atoms with van der Waals surface area (Å²) in [5.41, 5.74) is 1.59. The van der Waals surface area contributed by atoms with Crippen LogP contribution in [0.5, 0.6) is 0 Å². The van der Waals surface area contributed by atoms with Crippen LogP contribution < -0.4 is 0 Å². The lowest BCUT2D eigenvalue weighted by atomic mass is 10.0. The molecule has 5 nitrogen and oxygen atoms in total. The summed E-state index contributed by atoms with van der Waals surface area (Å²) < 4.78 is 0. The molecule has 27 heavy (non-hydrogen) atoms. The fourth-order valence-corrected chi connectivity index (χ4v) is 3.38. The maximum Gasteiger partial charge on any atom is 0.261 e. The van der Waals surface area contributed by atoms with E-state index in [2.05, 4.69) is 6.58 Å². The molecule has 0 atom stereocenters. The van der Waals surface area contributed by atoms with Crippen molar-refractivity contribution in [3.8, 4) is 0 Å². The van der Waals surface area contributed by atoms with Gasteiger partial charge >= 0.3 is 0 Å². The zero-order valence-electron chi connectivity index (χ0n) is 14.5. The van der Waals surface area contributed by atoms with E-state index in [1.807, 2.05) is 0 Å². The summed E-state index contributed by atoms with van der Waals surface area (Å²) in [6.07, 6.45) is 1.48. The lowest BCUT2D eigenvalue weighted by Gasteiger charge is -2.18. The van der Waals surface area contributed by atoms with Crippen molar-refractivity contribution in [3.63, 3.8) is 0 Å². The molecule has 0 radical (unpaired) electrons. The first-order valence-electron chi connectivity index (χ1n) is 8.14. The predicted octanol–water partition coefficient (Wildman–Crippen LogP) is 4.05. The highest BCUT2D eigenvalue weighted by molar-refractivity contribution is 6.35. The van der Waals surface area contributed by atoms with E-state index in [0.29, 0.717) is 21.2 Å². The van der Waals surface area contributed by atoms with E-state index in [1.54, 1.807) is 31.3 Å². The Morgan fingerprint density at radius 3 is 2.48 bits per heavy atom. The standard InChI is InChI=1S/C20H16Cl2N2O3/c1-3-8-24-19(26)15-7-5-12(9-16(15)20(24)27)18(25)23(2)11-13-4-6-14(21)10-17(13)22/h3-7,9-10H,1,8,11H2,2H3. The molecule has 0 unspecified atom stereocenters. The van der Waals surface area contributed by atoms with Crippen LogP contribution in [0.4, 0.5) is 0 Å². The third-order valence-electron chi connectivity index (χ3n) is 4.30. The Labute approximate surface area is 166 Å². The number of nitrogens with zero attached hydrogens (tertiary/aromatic N) is 2. The zero-order chi connectivity index (χ0) is 19.7. The van der Waals surface area contributed by atoms with E-state index in [0.717, 1.165) is 10.5 Å². The van der Waals surface area contributed by atoms with Gasteiger partial charge in [0.05, 0.1) is 11.1 Å². The summed E-state index contributed by atoms with van der Waals surface area (Å²) in [6, 6.07) is 9.59. The molecule has 0 fully saturated rings. The minimum Gasteiger partial charge on any atom is -0.337 e. The van der Waals surface area contributed by atoms with Crippen LogP contribution in [0.25, 0.3) is 0 Å². The molecule has 3 rings (SSSR count). The fraction of sp³-hybridized carbons (Fsp3) is 0.150. The van der Waals surface area contributed by atoms with Crippen LogP contribution in [0.15, 0.2) is 49.1 Å². The van der Waals surface area contributed by atoms with Gasteiger partial charge in [-0.15, -0.1) is 6.58 Å². The summed E-state index contributed by atoms with van der Waals surface area (Å²) in [6.45, 7) is 3.96. The van der Waals surface area contributed by atoms with E-state index >= 15 is 0 Å². The number of carbonyl (C=O) groups is 3. The highest BCUT2D eigenvalue weighted by Crippen LogP contribution is 2.26. The number of carbonyl (C=O) groups excluding carboxylic acids is 3. The predicted molar refractivity (Wildman–Crippen MR) is 104 cm³/mol. The third-order valence-corrected chi connectivity index (χ3v) is 4.89. The minimum atomic E-state index is -0.423. The Kier molecular flexibility index (Phi) is 5.35. The molecule has 0 bridgehead atoms. The van der Waals surface area contributed by atoms with Crippen molar-refractivity contribution in [3.05, 3.63) is 81.4 Å². The van der Waals surface area contributed by atoms with Gasteiger partial charge in [-0.3, -0.25) is 19.3 Å². The first-order chi connectivity index (χ1) is 12.8. The monoisotopic (exact) mass is 402 g/mol. The summed E-state index contributed by atoms with van der Waals surface area (Å²) in [5, 5.41) is 0.987. The van der Waals surface area contributed by atoms with Crippen molar-refractivity contribution in [1.29, 1.82) is 0 Å². The van der Waals surface area contributed by atoms with Crippen LogP contribution in [0.1, 0.15) is 36.6 Å². The Bertz CT molecular complexity index is 972. The first-order valence-corrected chi connectivity index (χ1v) is 8.89. The van der Waals surface area contributed by atoms with Crippen LogP contribution >= 0.6 is 23.2 Å². The Morgan fingerprint density at radius 1 is 1.11 bits per heavy atom. The minimum absolute atomic E-state index is 0.130. The second-order valence-electron chi connectivity index (χ2n) is 6.17. The van der Waals surface area contributed by atoms with Crippen molar-refractivity contribution in [2.24, 2.45) is 0 Å². The van der Waals surface area contributed by atoms with Gasteiger partial charge in [0.2, 0.25) is 0 Å². The van der Waals surface area contributed by atoms with Crippen LogP contribution in [0, 0.1) is 0 Å². The van der Waals surface area contributed by atoms with Gasteiger partial charge in [0.15, 0.2) is 0 Å². The SMILES string of the molecule is C=CCN1C(=O)c2ccc(C(=O)N(C)Cc3ccc(Cl)cc3Cl)cc2C1=O. The molecule has 1 heterocycles. The Hall–Kier alpha value is -2.63. The normalized spacial score (nSPS) is 12.9. The molecule has 3 amide bonds. The van der Waals surface area contributed by atoms with Gasteiger partial charge in [-0.2, -0.15) is 0 Å². The molecule has 7 heteroatoms. The van der Waals surface area contributed by atoms with Gasteiger partial charge in [0.1, 0.15) is 0 Å². The topological polar surface area (TPSA) is 57.7 Å². The van der Waals surface area contributed by atoms with E-state index in [1.165, 1.54) is 23.1 Å². The number of hydrogen-bond donors (Lipinski definition) is 0. The molecule has 2 aromatic carbocycles. The van der Waals surface area contributed by atoms with Crippen molar-refractivity contribution >= 4 is 40.9 Å². The van der Waals surface area contributed by atoms with Crippen molar-refractivity contribution in [2.75, 3.05) is 13.6 Å². The molecule has 0 aromatic heterocycles. The van der Waals surface area contributed by atoms with Gasteiger partial charge in [-0.1, -0.05) is 35.3 Å². The zero-order valence-corrected chi connectivity index (χ0v) is 16.0. The highest BCUT2D eigenvalue weighted by atomic mass is 35.5. The van der Waals surface area contributed by atoms with Gasteiger partial charge in [0.25, 0.3) is 17.7 Å². The van der Waals surface area contributed by atoms with Crippen LogP contribution in [0.2, 0.25) is 10.0 Å². The average Bonchev–Trinajstić information content (AvgIpc) is 2.88. The number of halogens is 2. The molecule has 2 aromatic rings. The number of benzene rings is 2. The number of hydrogen-bond acceptors (Lipinski definition) is 3. The average molecular weight is 403 g/mol. The lowest BCUT2D eigenvalue weighted by Crippen LogP contribution is -2.29. The van der Waals surface area contributed by atoms with E-state index in [4.69, 9.17) is 23.2 Å². The largest absolute Gasteiger partial charge is 0.337 e. The fourth-order valence-electron chi connectivity index (χ4n) is 2.92. The third kappa shape index (κ3) is 3.61. The quantitative estimate of drug-likeness (QED) is 0.559. The van der Waals surface area contributed by atoms with Gasteiger partial charge in [0, 0.05) is 35.7 Å². The molecule has 1 aliphatic rings. The van der Waals surface area contributed by atoms with Crippen LogP contribution in [0.3, 0.4) is 0 Å². The maximum absolute atomic E-state index is 12.8. The molecule has 0 spiro atoms. The van der Waals surface area contributed by atoms with Crippen molar-refractivity contribution in [1.82, 2.24) is 9.80 Å². The summed E-state index contributed by atoms with van der Waals surface area (Å²) >= 11 is 12.1. The molecule has 0 saturated carbocycles. The van der Waals surface area contributed by atoms with Crippen molar-refractivity contribution in [2.45, 2.75) is 6.54 Å². The number of imide groups is 1. The van der Waals surface area contributed by atoms with Crippen molar-refractivity contribution < 1.29 is 14.4 Å². The molecule has 138 valence electrons. The maximum atomic E-state index is 12.8. The lowest BCUT2D eigenvalue weighted by molar-refractivity contribution is 0.0671. The first kappa shape index (κ1) is 19.1. The van der Waals surface area contributed by atoms with E-state index in [-0.39, 0.29) is 30.5 Å². The summed E-state index contributed by atoms with van der Waals surface area (Å²) in [7, 11) is 1.64. The van der Waals surface area contributed by atoms with Crippen LogP contribution in [-0.4, -0.2) is 41.1 Å². The van der Waals surface area contributed by atoms with Gasteiger partial charge in [-0.05, 0) is 35.9 Å². The Morgan fingerprint density at radius 2 is 1.81 bits per heavy atom. The summed E-state index contributed by atoms with van der Waals surface area (Å²) in [5.74, 6) is -1.09. The molecule has 1 aliphatic heterocycles. The van der Waals surface area contributed by atoms with E-state index < -0.39 is 5.91 Å². The molecular formula is C20H16Cl2N2O3. The summed E-state index contributed by atoms with van der Waals surface area (Å²) in [4.78, 5) is 40.0. The number of fused-ring (bicyclic) bond motifs is 1. The van der Waals surface area contributed by atoms with Crippen LogP contribution in [-0.2, 0) is 6.54 Å². The second-order valence-corrected chi connectivity index (χ2v) is 7.01.